The van der Waals surface area contributed by atoms with E-state index in [9.17, 15) is 0 Å². The van der Waals surface area contributed by atoms with E-state index < -0.39 is 0 Å². The number of nitrogens with zero attached hydrogens (tertiary/aromatic N) is 3. The summed E-state index contributed by atoms with van der Waals surface area (Å²) in [5.74, 6) is 0. The van der Waals surface area contributed by atoms with E-state index in [-0.39, 0.29) is 22.4 Å². The molecular weight excluding hydrogens is 306 g/mol. The molecule has 1 aromatic carbocycles. The fraction of sp³-hybridized carbons (Fsp3) is 0. The molecule has 1 aromatic rings. The van der Waals surface area contributed by atoms with Crippen LogP contribution in [0.15, 0.2) is 36.7 Å². The van der Waals surface area contributed by atoms with Crippen molar-refractivity contribution in [3.63, 3.8) is 0 Å². The largest absolute Gasteiger partial charge is 0.665 e. The van der Waals surface area contributed by atoms with Crippen LogP contribution >= 0.6 is 0 Å². The van der Waals surface area contributed by atoms with Crippen molar-refractivity contribution in [3.05, 3.63) is 64.3 Å². The predicted molar refractivity (Wildman–Crippen MR) is 63.9 cm³/mol. The normalized spacial score (nSPS) is 12.8. The van der Waals surface area contributed by atoms with Crippen molar-refractivity contribution in [1.29, 1.82) is 5.26 Å². The average Bonchev–Trinajstić information content (AvgIpc) is 2.41. The molecular formula is C13H8AgN3-3. The third kappa shape index (κ3) is 2.51. The van der Waals surface area contributed by atoms with Crippen molar-refractivity contribution in [3.8, 4) is 0 Å². The first-order valence-electron chi connectivity index (χ1n) is 4.76. The van der Waals surface area contributed by atoms with Gasteiger partial charge in [-0.05, 0) is 10.4 Å². The molecule has 2 aliphatic rings. The molecule has 0 atom stereocenters. The van der Waals surface area contributed by atoms with E-state index in [4.69, 9.17) is 11.8 Å². The van der Waals surface area contributed by atoms with Crippen LogP contribution in [0.3, 0.4) is 0 Å². The van der Waals surface area contributed by atoms with Crippen LogP contribution in [0.5, 0.6) is 0 Å². The topological polar surface area (TPSA) is 52.0 Å². The minimum absolute atomic E-state index is 0. The number of hydrogen-bond acceptors (Lipinski definition) is 1. The molecule has 3 rings (SSSR count). The van der Waals surface area contributed by atoms with E-state index in [1.165, 1.54) is 0 Å². The van der Waals surface area contributed by atoms with Gasteiger partial charge in [-0.25, -0.2) is 0 Å². The van der Waals surface area contributed by atoms with E-state index in [0.29, 0.717) is 0 Å². The van der Waals surface area contributed by atoms with Crippen LogP contribution < -0.4 is 10.4 Å². The van der Waals surface area contributed by atoms with Gasteiger partial charge in [0.2, 0.25) is 0 Å². The fourth-order valence-electron chi connectivity index (χ4n) is 1.68. The van der Waals surface area contributed by atoms with E-state index >= 15 is 0 Å². The first-order chi connectivity index (χ1) is 7.95. The van der Waals surface area contributed by atoms with Gasteiger partial charge in [0.25, 0.3) is 0 Å². The number of allylic oxidation sites excluding steroid dienone is 2. The van der Waals surface area contributed by atoms with Gasteiger partial charge in [-0.2, -0.15) is 12.4 Å². The van der Waals surface area contributed by atoms with E-state index in [2.05, 4.69) is 34.9 Å². The minimum Gasteiger partial charge on any atom is -0.665 e. The van der Waals surface area contributed by atoms with Gasteiger partial charge in [-0.3, -0.25) is 0 Å². The molecule has 2 aliphatic heterocycles. The minimum atomic E-state index is 0. The van der Waals surface area contributed by atoms with Crippen molar-refractivity contribution >= 4 is 23.5 Å². The molecule has 2 heterocycles. The number of rotatable bonds is 0. The average molecular weight is 314 g/mol. The van der Waals surface area contributed by atoms with Crippen LogP contribution in [0.2, 0.25) is 0 Å². The molecule has 0 aliphatic carbocycles. The molecule has 0 bridgehead atoms. The van der Waals surface area contributed by atoms with Gasteiger partial charge in [0.15, 0.2) is 0 Å². The molecule has 0 saturated heterocycles. The molecule has 0 amide bonds. The fourth-order valence-corrected chi connectivity index (χ4v) is 1.68. The van der Waals surface area contributed by atoms with Gasteiger partial charge in [0, 0.05) is 22.4 Å². The summed E-state index contributed by atoms with van der Waals surface area (Å²) in [5, 5.41) is 17.2. The molecule has 89 valence electrons. The van der Waals surface area contributed by atoms with Crippen molar-refractivity contribution in [2.45, 2.75) is 0 Å². The SMILES string of the molecule is C1=C[N-]c2c3c(ccc2=C1)=CC=C[N-]3.[Ag].[C-]#N. The zero-order valence-electron chi connectivity index (χ0n) is 8.76. The molecule has 1 radical (unpaired) electrons. The summed E-state index contributed by atoms with van der Waals surface area (Å²) in [6.45, 7) is 4.75. The second-order valence-corrected chi connectivity index (χ2v) is 3.22. The van der Waals surface area contributed by atoms with Crippen molar-refractivity contribution < 1.29 is 22.4 Å². The van der Waals surface area contributed by atoms with E-state index in [1.807, 2.05) is 12.2 Å². The molecule has 0 aromatic heterocycles. The van der Waals surface area contributed by atoms with Gasteiger partial charge in [-0.1, -0.05) is 36.4 Å². The Bertz CT molecular complexity index is 546. The summed E-state index contributed by atoms with van der Waals surface area (Å²) in [7, 11) is 0. The van der Waals surface area contributed by atoms with Crippen molar-refractivity contribution in [2.24, 2.45) is 0 Å². The predicted octanol–water partition coefficient (Wildman–Crippen LogP) is 2.41. The Kier molecular flexibility index (Phi) is 4.80. The van der Waals surface area contributed by atoms with Crippen LogP contribution in [-0.4, -0.2) is 0 Å². The molecule has 0 saturated carbocycles. The maximum Gasteiger partial charge on any atom is 0 e. The Morgan fingerprint density at radius 3 is 1.65 bits per heavy atom. The Balaban J connectivity index is 0.000000459. The first kappa shape index (κ1) is 13.3. The maximum absolute atomic E-state index is 6.25. The summed E-state index contributed by atoms with van der Waals surface area (Å²) in [4.78, 5) is 0. The summed E-state index contributed by atoms with van der Waals surface area (Å²) in [5.41, 5.74) is 1.95. The summed E-state index contributed by atoms with van der Waals surface area (Å²) in [6.07, 6.45) is 11.6. The summed E-state index contributed by atoms with van der Waals surface area (Å²) < 4.78 is 0. The zero-order valence-corrected chi connectivity index (χ0v) is 10.2. The number of fused-ring (bicyclic) bond motifs is 3. The number of hydrogen-bond donors (Lipinski definition) is 0. The molecule has 0 spiro atoms. The quantitative estimate of drug-likeness (QED) is 0.536. The molecule has 0 fully saturated rings. The molecule has 0 unspecified atom stereocenters. The van der Waals surface area contributed by atoms with Crippen LogP contribution in [-0.2, 0) is 22.4 Å². The monoisotopic (exact) mass is 313 g/mol. The van der Waals surface area contributed by atoms with Crippen LogP contribution in [0.4, 0.5) is 11.4 Å². The Hall–Kier alpha value is -1.73. The van der Waals surface area contributed by atoms with Crippen LogP contribution in [0.1, 0.15) is 0 Å². The standard InChI is InChI=1S/C12H8N2.CN.Ag/c1-3-9-5-6-10-4-2-8-14-12(10)11(9)13-7-1;1-2;/h1-8H;;/q-2;-1;. The van der Waals surface area contributed by atoms with Crippen molar-refractivity contribution in [1.82, 2.24) is 0 Å². The van der Waals surface area contributed by atoms with E-state index in [1.54, 1.807) is 12.4 Å². The van der Waals surface area contributed by atoms with Gasteiger partial charge < -0.3 is 22.5 Å². The Morgan fingerprint density at radius 1 is 0.824 bits per heavy atom. The van der Waals surface area contributed by atoms with Gasteiger partial charge in [-0.15, -0.1) is 11.4 Å². The molecule has 0 N–H and O–H groups in total. The van der Waals surface area contributed by atoms with Gasteiger partial charge >= 0.3 is 0 Å². The summed E-state index contributed by atoms with van der Waals surface area (Å²) in [6, 6.07) is 4.15. The zero-order chi connectivity index (χ0) is 11.4. The van der Waals surface area contributed by atoms with Crippen molar-refractivity contribution in [2.75, 3.05) is 0 Å². The van der Waals surface area contributed by atoms with Gasteiger partial charge in [0.1, 0.15) is 0 Å². The molecule has 17 heavy (non-hydrogen) atoms. The second-order valence-electron chi connectivity index (χ2n) is 3.22. The third-order valence-corrected chi connectivity index (χ3v) is 2.34. The van der Waals surface area contributed by atoms with Gasteiger partial charge in [0.05, 0.1) is 0 Å². The first-order valence-corrected chi connectivity index (χ1v) is 4.76. The van der Waals surface area contributed by atoms with Crippen LogP contribution in [0, 0.1) is 11.8 Å². The maximum atomic E-state index is 6.25. The Labute approximate surface area is 115 Å². The third-order valence-electron chi connectivity index (χ3n) is 2.34. The molecule has 3 nitrogen and oxygen atoms in total. The summed E-state index contributed by atoms with van der Waals surface area (Å²) >= 11 is 0. The van der Waals surface area contributed by atoms with Crippen LogP contribution in [0.25, 0.3) is 22.8 Å². The smallest absolute Gasteiger partial charge is 0 e. The van der Waals surface area contributed by atoms with E-state index in [0.717, 1.165) is 21.8 Å². The second kappa shape index (κ2) is 6.12. The molecule has 4 heteroatoms. The number of benzene rings is 1. The Morgan fingerprint density at radius 2 is 1.24 bits per heavy atom.